The van der Waals surface area contributed by atoms with Crippen molar-refractivity contribution in [2.45, 2.75) is 32.6 Å². The summed E-state index contributed by atoms with van der Waals surface area (Å²) in [7, 11) is 0. The molecule has 0 spiro atoms. The average Bonchev–Trinajstić information content (AvgIpc) is 2.17. The molecule has 0 amide bonds. The van der Waals surface area contributed by atoms with Crippen LogP contribution in [0.4, 0.5) is 8.78 Å². The molecule has 0 aromatic heterocycles. The van der Waals surface area contributed by atoms with Gasteiger partial charge in [0.15, 0.2) is 0 Å². The number of hydrogen-bond donors (Lipinski definition) is 0. The Labute approximate surface area is 101 Å². The van der Waals surface area contributed by atoms with Gasteiger partial charge in [-0.1, -0.05) is 38.1 Å². The standard InChI is InChI=1S/C13H17ClF2/c1-10(2)9-13(15,16)12-5-3-11(4-6-12)7-8-14/h3-6,10H,7-9H2,1-2H3. The predicted octanol–water partition coefficient (Wildman–Crippen LogP) is 4.61. The monoisotopic (exact) mass is 246 g/mol. The molecule has 0 N–H and O–H groups in total. The van der Waals surface area contributed by atoms with Crippen LogP contribution in [0.3, 0.4) is 0 Å². The van der Waals surface area contributed by atoms with Gasteiger partial charge in [-0.25, -0.2) is 8.78 Å². The van der Waals surface area contributed by atoms with Crippen LogP contribution < -0.4 is 0 Å². The molecule has 0 aliphatic carbocycles. The van der Waals surface area contributed by atoms with Crippen molar-refractivity contribution in [1.29, 1.82) is 0 Å². The number of aryl methyl sites for hydroxylation is 1. The summed E-state index contributed by atoms with van der Waals surface area (Å²) >= 11 is 5.59. The largest absolute Gasteiger partial charge is 0.273 e. The van der Waals surface area contributed by atoms with Crippen LogP contribution in [0, 0.1) is 5.92 Å². The lowest BCUT2D eigenvalue weighted by molar-refractivity contribution is -0.0249. The Bertz CT molecular complexity index is 317. The van der Waals surface area contributed by atoms with Crippen LogP contribution in [0.1, 0.15) is 31.4 Å². The maximum absolute atomic E-state index is 13.7. The van der Waals surface area contributed by atoms with E-state index in [1.165, 1.54) is 12.1 Å². The molecule has 0 heterocycles. The lowest BCUT2D eigenvalue weighted by atomic mass is 9.97. The van der Waals surface area contributed by atoms with Gasteiger partial charge in [-0.15, -0.1) is 11.6 Å². The van der Waals surface area contributed by atoms with Gasteiger partial charge in [0, 0.05) is 17.9 Å². The first-order chi connectivity index (χ1) is 7.45. The summed E-state index contributed by atoms with van der Waals surface area (Å²) in [5.74, 6) is -2.23. The molecule has 0 fully saturated rings. The van der Waals surface area contributed by atoms with Crippen molar-refractivity contribution in [3.05, 3.63) is 35.4 Å². The summed E-state index contributed by atoms with van der Waals surface area (Å²) < 4.78 is 27.4. The molecule has 1 aromatic rings. The van der Waals surface area contributed by atoms with E-state index in [-0.39, 0.29) is 17.9 Å². The Balaban J connectivity index is 2.79. The maximum Gasteiger partial charge on any atom is 0.273 e. The Hall–Kier alpha value is -0.630. The summed E-state index contributed by atoms with van der Waals surface area (Å²) in [6.45, 7) is 3.60. The minimum atomic E-state index is -2.73. The number of halogens is 3. The van der Waals surface area contributed by atoms with Crippen molar-refractivity contribution in [3.63, 3.8) is 0 Å². The molecule has 0 atom stereocenters. The molecule has 0 saturated heterocycles. The lowest BCUT2D eigenvalue weighted by Gasteiger charge is -2.19. The highest BCUT2D eigenvalue weighted by atomic mass is 35.5. The fourth-order valence-electron chi connectivity index (χ4n) is 1.65. The highest BCUT2D eigenvalue weighted by molar-refractivity contribution is 6.17. The SMILES string of the molecule is CC(C)CC(F)(F)c1ccc(CCCl)cc1. The van der Waals surface area contributed by atoms with E-state index in [1.54, 1.807) is 26.0 Å². The van der Waals surface area contributed by atoms with Gasteiger partial charge in [-0.2, -0.15) is 0 Å². The molecule has 0 aliphatic heterocycles. The van der Waals surface area contributed by atoms with E-state index in [1.807, 2.05) is 0 Å². The van der Waals surface area contributed by atoms with Crippen LogP contribution in [-0.4, -0.2) is 5.88 Å². The summed E-state index contributed by atoms with van der Waals surface area (Å²) in [5.41, 5.74) is 1.10. The predicted molar refractivity (Wildman–Crippen MR) is 64.2 cm³/mol. The molecule has 90 valence electrons. The van der Waals surface area contributed by atoms with Crippen molar-refractivity contribution in [3.8, 4) is 0 Å². The lowest BCUT2D eigenvalue weighted by Crippen LogP contribution is -2.16. The molecule has 0 aliphatic rings. The highest BCUT2D eigenvalue weighted by Crippen LogP contribution is 2.34. The first-order valence-corrected chi connectivity index (χ1v) is 6.02. The molecule has 0 bridgehead atoms. The van der Waals surface area contributed by atoms with Crippen molar-refractivity contribution < 1.29 is 8.78 Å². The second kappa shape index (κ2) is 5.62. The van der Waals surface area contributed by atoms with Gasteiger partial charge in [-0.05, 0) is 17.9 Å². The Morgan fingerprint density at radius 3 is 2.19 bits per heavy atom. The van der Waals surface area contributed by atoms with Gasteiger partial charge in [0.25, 0.3) is 5.92 Å². The Morgan fingerprint density at radius 2 is 1.75 bits per heavy atom. The number of rotatable bonds is 5. The Kier molecular flexibility index (Phi) is 4.72. The minimum Gasteiger partial charge on any atom is -0.201 e. The smallest absolute Gasteiger partial charge is 0.201 e. The van der Waals surface area contributed by atoms with E-state index in [0.29, 0.717) is 5.88 Å². The van der Waals surface area contributed by atoms with Crippen LogP contribution >= 0.6 is 11.6 Å². The Morgan fingerprint density at radius 1 is 1.19 bits per heavy atom. The van der Waals surface area contributed by atoms with Crippen molar-refractivity contribution >= 4 is 11.6 Å². The summed E-state index contributed by atoms with van der Waals surface area (Å²) in [5, 5.41) is 0. The molecular formula is C13H17ClF2. The molecular weight excluding hydrogens is 230 g/mol. The van der Waals surface area contributed by atoms with Crippen LogP contribution in [-0.2, 0) is 12.3 Å². The number of benzene rings is 1. The average molecular weight is 247 g/mol. The molecule has 0 saturated carbocycles. The maximum atomic E-state index is 13.7. The third-order valence-corrected chi connectivity index (χ3v) is 2.61. The fraction of sp³-hybridized carbons (Fsp3) is 0.538. The van der Waals surface area contributed by atoms with Gasteiger partial charge in [0.05, 0.1) is 0 Å². The molecule has 16 heavy (non-hydrogen) atoms. The quantitative estimate of drug-likeness (QED) is 0.666. The van der Waals surface area contributed by atoms with Gasteiger partial charge in [-0.3, -0.25) is 0 Å². The van der Waals surface area contributed by atoms with Gasteiger partial charge in [0.2, 0.25) is 0 Å². The number of alkyl halides is 3. The summed E-state index contributed by atoms with van der Waals surface area (Å²) in [4.78, 5) is 0. The highest BCUT2D eigenvalue weighted by Gasteiger charge is 2.31. The zero-order chi connectivity index (χ0) is 12.2. The molecule has 1 aromatic carbocycles. The topological polar surface area (TPSA) is 0 Å². The van der Waals surface area contributed by atoms with Crippen LogP contribution in [0.5, 0.6) is 0 Å². The molecule has 0 nitrogen and oxygen atoms in total. The van der Waals surface area contributed by atoms with E-state index in [2.05, 4.69) is 0 Å². The molecule has 3 heteroatoms. The molecule has 0 radical (unpaired) electrons. The van der Waals surface area contributed by atoms with Crippen LogP contribution in [0.2, 0.25) is 0 Å². The first kappa shape index (κ1) is 13.4. The van der Waals surface area contributed by atoms with Crippen molar-refractivity contribution in [1.82, 2.24) is 0 Å². The van der Waals surface area contributed by atoms with Crippen LogP contribution in [0.15, 0.2) is 24.3 Å². The van der Waals surface area contributed by atoms with Crippen molar-refractivity contribution in [2.75, 3.05) is 5.88 Å². The normalized spacial score (nSPS) is 12.1. The zero-order valence-electron chi connectivity index (χ0n) is 9.64. The van der Waals surface area contributed by atoms with Crippen LogP contribution in [0.25, 0.3) is 0 Å². The number of hydrogen-bond acceptors (Lipinski definition) is 0. The van der Waals surface area contributed by atoms with E-state index in [0.717, 1.165) is 12.0 Å². The second-order valence-corrected chi connectivity index (χ2v) is 4.82. The van der Waals surface area contributed by atoms with Crippen molar-refractivity contribution in [2.24, 2.45) is 5.92 Å². The van der Waals surface area contributed by atoms with E-state index in [4.69, 9.17) is 11.6 Å². The van der Waals surface area contributed by atoms with E-state index < -0.39 is 5.92 Å². The van der Waals surface area contributed by atoms with E-state index in [9.17, 15) is 8.78 Å². The summed E-state index contributed by atoms with van der Waals surface area (Å²) in [6, 6.07) is 6.46. The third kappa shape index (κ3) is 3.75. The first-order valence-electron chi connectivity index (χ1n) is 5.49. The fourth-order valence-corrected chi connectivity index (χ4v) is 1.87. The molecule has 1 rings (SSSR count). The minimum absolute atomic E-state index is 0.0162. The second-order valence-electron chi connectivity index (χ2n) is 4.44. The zero-order valence-corrected chi connectivity index (χ0v) is 10.4. The third-order valence-electron chi connectivity index (χ3n) is 2.42. The van der Waals surface area contributed by atoms with Gasteiger partial charge >= 0.3 is 0 Å². The summed E-state index contributed by atoms with van der Waals surface area (Å²) in [6.07, 6.45) is 0.611. The van der Waals surface area contributed by atoms with Gasteiger partial charge < -0.3 is 0 Å². The molecule has 0 unspecified atom stereocenters. The van der Waals surface area contributed by atoms with E-state index >= 15 is 0 Å². The van der Waals surface area contributed by atoms with Gasteiger partial charge in [0.1, 0.15) is 0 Å².